The molecule has 0 bridgehead atoms. The van der Waals surface area contributed by atoms with Crippen molar-refractivity contribution in [3.63, 3.8) is 0 Å². The maximum absolute atomic E-state index is 12.0. The van der Waals surface area contributed by atoms with Crippen molar-refractivity contribution in [3.8, 4) is 0 Å². The molecule has 0 unspecified atom stereocenters. The van der Waals surface area contributed by atoms with Gasteiger partial charge in [0.05, 0.1) is 30.2 Å². The third kappa shape index (κ3) is 4.20. The zero-order valence-electron chi connectivity index (χ0n) is 12.0. The number of carboxylic acid groups (broad SMARTS) is 1. The van der Waals surface area contributed by atoms with Crippen LogP contribution in [0.1, 0.15) is 11.4 Å². The van der Waals surface area contributed by atoms with E-state index in [9.17, 15) is 9.59 Å². The van der Waals surface area contributed by atoms with E-state index in [-0.39, 0.29) is 19.0 Å². The van der Waals surface area contributed by atoms with Gasteiger partial charge in [0, 0.05) is 13.6 Å². The number of nitrogens with one attached hydrogen (secondary N) is 1. The molecule has 1 aromatic heterocycles. The monoisotopic (exact) mass is 280 g/mol. The molecule has 0 radical (unpaired) electrons. The van der Waals surface area contributed by atoms with Crippen LogP contribution in [-0.4, -0.2) is 51.3 Å². The molecule has 110 valence electrons. The number of hydrogen-bond donors (Lipinski definition) is 2. The second kappa shape index (κ2) is 6.85. The number of carbonyl (C=O) groups is 2. The third-order valence-corrected chi connectivity index (χ3v) is 2.89. The fourth-order valence-corrected chi connectivity index (χ4v) is 1.90. The van der Waals surface area contributed by atoms with Gasteiger partial charge in [-0.3, -0.25) is 19.2 Å². The van der Waals surface area contributed by atoms with Crippen LogP contribution in [-0.2, 0) is 16.6 Å². The summed E-state index contributed by atoms with van der Waals surface area (Å²) in [6.07, 6.45) is 1.57. The van der Waals surface area contributed by atoms with Gasteiger partial charge in [0.15, 0.2) is 0 Å². The average molecular weight is 280 g/mol. The summed E-state index contributed by atoms with van der Waals surface area (Å²) in [6.45, 7) is 7.34. The highest BCUT2D eigenvalue weighted by molar-refractivity contribution is 5.93. The van der Waals surface area contributed by atoms with Crippen molar-refractivity contribution in [2.24, 2.45) is 7.05 Å². The lowest BCUT2D eigenvalue weighted by Gasteiger charge is -2.17. The molecule has 1 amide bonds. The predicted octanol–water partition coefficient (Wildman–Crippen LogP) is 0.548. The normalized spacial score (nSPS) is 10.6. The summed E-state index contributed by atoms with van der Waals surface area (Å²) < 4.78 is 1.68. The first kappa shape index (κ1) is 15.9. The van der Waals surface area contributed by atoms with Crippen LogP contribution in [0.25, 0.3) is 0 Å². The number of hydrogen-bond acceptors (Lipinski definition) is 4. The number of nitrogens with zero attached hydrogens (tertiary/aromatic N) is 3. The number of anilines is 1. The minimum Gasteiger partial charge on any atom is -0.480 e. The molecular weight excluding hydrogens is 260 g/mol. The van der Waals surface area contributed by atoms with Crippen molar-refractivity contribution in [2.75, 3.05) is 25.0 Å². The van der Waals surface area contributed by atoms with Crippen molar-refractivity contribution >= 4 is 17.6 Å². The van der Waals surface area contributed by atoms with Gasteiger partial charge >= 0.3 is 5.97 Å². The van der Waals surface area contributed by atoms with Crippen molar-refractivity contribution in [2.45, 2.75) is 13.8 Å². The Hall–Kier alpha value is -2.15. The Bertz CT molecular complexity index is 522. The summed E-state index contributed by atoms with van der Waals surface area (Å²) in [5.74, 6) is -1.25. The number of carboxylic acids is 1. The van der Waals surface area contributed by atoms with Gasteiger partial charge in [-0.15, -0.1) is 6.58 Å². The first-order valence-electron chi connectivity index (χ1n) is 6.20. The van der Waals surface area contributed by atoms with E-state index < -0.39 is 5.97 Å². The van der Waals surface area contributed by atoms with Gasteiger partial charge in [0.2, 0.25) is 5.91 Å². The molecule has 7 nitrogen and oxygen atoms in total. The zero-order chi connectivity index (χ0) is 15.3. The molecular formula is C13H20N4O3. The van der Waals surface area contributed by atoms with Crippen LogP contribution in [0, 0.1) is 13.8 Å². The van der Waals surface area contributed by atoms with E-state index >= 15 is 0 Å². The van der Waals surface area contributed by atoms with E-state index in [0.717, 1.165) is 11.4 Å². The van der Waals surface area contributed by atoms with Gasteiger partial charge in [-0.2, -0.15) is 5.10 Å². The minimum atomic E-state index is -0.978. The zero-order valence-corrected chi connectivity index (χ0v) is 12.0. The first-order chi connectivity index (χ1) is 9.35. The summed E-state index contributed by atoms with van der Waals surface area (Å²) in [4.78, 5) is 24.2. The molecule has 0 spiro atoms. The average Bonchev–Trinajstić information content (AvgIpc) is 2.55. The molecule has 0 atom stereocenters. The van der Waals surface area contributed by atoms with Crippen LogP contribution in [0.5, 0.6) is 0 Å². The van der Waals surface area contributed by atoms with E-state index in [4.69, 9.17) is 5.11 Å². The molecule has 1 heterocycles. The van der Waals surface area contributed by atoms with Gasteiger partial charge in [-0.1, -0.05) is 6.08 Å². The highest BCUT2D eigenvalue weighted by Gasteiger charge is 2.16. The Morgan fingerprint density at radius 2 is 2.10 bits per heavy atom. The molecule has 0 aliphatic carbocycles. The Morgan fingerprint density at radius 3 is 2.55 bits per heavy atom. The fraction of sp³-hybridized carbons (Fsp3) is 0.462. The molecule has 0 saturated heterocycles. The molecule has 0 aromatic carbocycles. The quantitative estimate of drug-likeness (QED) is 0.712. The predicted molar refractivity (Wildman–Crippen MR) is 75.6 cm³/mol. The van der Waals surface area contributed by atoms with Crippen molar-refractivity contribution < 1.29 is 14.7 Å². The Balaban J connectivity index is 2.70. The van der Waals surface area contributed by atoms with E-state index in [1.54, 1.807) is 24.7 Å². The molecule has 20 heavy (non-hydrogen) atoms. The Kier molecular flexibility index (Phi) is 5.45. The second-order valence-corrected chi connectivity index (χ2v) is 4.57. The lowest BCUT2D eigenvalue weighted by Crippen LogP contribution is -2.37. The number of rotatable bonds is 7. The van der Waals surface area contributed by atoms with E-state index in [1.807, 2.05) is 6.92 Å². The minimum absolute atomic E-state index is 0.00784. The van der Waals surface area contributed by atoms with Crippen LogP contribution < -0.4 is 5.32 Å². The highest BCUT2D eigenvalue weighted by Crippen LogP contribution is 2.18. The summed E-state index contributed by atoms with van der Waals surface area (Å²) in [7, 11) is 1.80. The maximum atomic E-state index is 12.0. The molecule has 0 aliphatic rings. The summed E-state index contributed by atoms with van der Waals surface area (Å²) >= 11 is 0. The van der Waals surface area contributed by atoms with Crippen LogP contribution in [0.15, 0.2) is 12.7 Å². The number of aliphatic carboxylic acids is 1. The third-order valence-electron chi connectivity index (χ3n) is 2.89. The first-order valence-corrected chi connectivity index (χ1v) is 6.20. The van der Waals surface area contributed by atoms with Crippen LogP contribution in [0.3, 0.4) is 0 Å². The van der Waals surface area contributed by atoms with Gasteiger partial charge in [0.1, 0.15) is 0 Å². The molecule has 0 fully saturated rings. The maximum Gasteiger partial charge on any atom is 0.317 e. The Labute approximate surface area is 117 Å². The van der Waals surface area contributed by atoms with Crippen molar-refractivity contribution in [1.29, 1.82) is 0 Å². The number of aromatic nitrogens is 2. The number of carbonyl (C=O) groups excluding carboxylic acids is 1. The SMILES string of the molecule is C=CCN(CC(=O)O)CC(=O)Nc1c(C)nn(C)c1C. The number of aryl methyl sites for hydroxylation is 2. The molecule has 0 aliphatic heterocycles. The highest BCUT2D eigenvalue weighted by atomic mass is 16.4. The van der Waals surface area contributed by atoms with E-state index in [0.29, 0.717) is 12.2 Å². The molecule has 2 N–H and O–H groups in total. The Morgan fingerprint density at radius 1 is 1.45 bits per heavy atom. The standard InChI is InChI=1S/C13H20N4O3/c1-5-6-17(8-12(19)20)7-11(18)14-13-9(2)15-16(4)10(13)3/h5H,1,6-8H2,2-4H3,(H,14,18)(H,19,20). The van der Waals surface area contributed by atoms with Gasteiger partial charge < -0.3 is 10.4 Å². The number of amides is 1. The van der Waals surface area contributed by atoms with Crippen LogP contribution in [0.2, 0.25) is 0 Å². The van der Waals surface area contributed by atoms with Gasteiger partial charge in [0.25, 0.3) is 0 Å². The molecule has 1 aromatic rings. The topological polar surface area (TPSA) is 87.5 Å². The lowest BCUT2D eigenvalue weighted by atomic mass is 10.3. The summed E-state index contributed by atoms with van der Waals surface area (Å²) in [5, 5.41) is 15.8. The van der Waals surface area contributed by atoms with Crippen molar-refractivity contribution in [1.82, 2.24) is 14.7 Å². The summed E-state index contributed by atoms with van der Waals surface area (Å²) in [6, 6.07) is 0. The molecule has 0 saturated carbocycles. The van der Waals surface area contributed by atoms with Crippen LogP contribution in [0.4, 0.5) is 5.69 Å². The van der Waals surface area contributed by atoms with E-state index in [2.05, 4.69) is 17.0 Å². The van der Waals surface area contributed by atoms with E-state index in [1.165, 1.54) is 4.90 Å². The van der Waals surface area contributed by atoms with Crippen LogP contribution >= 0.6 is 0 Å². The fourth-order valence-electron chi connectivity index (χ4n) is 1.90. The lowest BCUT2D eigenvalue weighted by molar-refractivity contribution is -0.138. The van der Waals surface area contributed by atoms with Gasteiger partial charge in [-0.25, -0.2) is 0 Å². The molecule has 1 rings (SSSR count). The molecule has 7 heteroatoms. The summed E-state index contributed by atoms with van der Waals surface area (Å²) in [5.41, 5.74) is 2.25. The smallest absolute Gasteiger partial charge is 0.317 e. The van der Waals surface area contributed by atoms with Crippen molar-refractivity contribution in [3.05, 3.63) is 24.0 Å². The largest absolute Gasteiger partial charge is 0.480 e. The second-order valence-electron chi connectivity index (χ2n) is 4.57. The van der Waals surface area contributed by atoms with Gasteiger partial charge in [-0.05, 0) is 13.8 Å².